The van der Waals surface area contributed by atoms with E-state index in [0.29, 0.717) is 17.1 Å². The van der Waals surface area contributed by atoms with Crippen LogP contribution in [-0.2, 0) is 16.0 Å². The van der Waals surface area contributed by atoms with Crippen molar-refractivity contribution in [3.63, 3.8) is 0 Å². The number of rotatable bonds is 4. The molecule has 3 aromatic rings. The van der Waals surface area contributed by atoms with Crippen LogP contribution in [0.15, 0.2) is 30.6 Å². The third-order valence-electron chi connectivity index (χ3n) is 5.40. The number of nitrogens with zero attached hydrogens (tertiary/aromatic N) is 4. The Hall–Kier alpha value is -2.73. The third-order valence-corrected chi connectivity index (χ3v) is 7.29. The summed E-state index contributed by atoms with van der Waals surface area (Å²) in [5.41, 5.74) is -0.825. The number of hydrogen-bond acceptors (Lipinski definition) is 7. The van der Waals surface area contributed by atoms with Gasteiger partial charge in [0.1, 0.15) is 18.0 Å². The van der Waals surface area contributed by atoms with E-state index in [1.54, 1.807) is 11.0 Å². The second-order valence-corrected chi connectivity index (χ2v) is 10.3. The summed E-state index contributed by atoms with van der Waals surface area (Å²) < 4.78 is 77.3. The number of fused-ring (bicyclic) bond motifs is 1. The zero-order valence-electron chi connectivity index (χ0n) is 17.2. The van der Waals surface area contributed by atoms with E-state index in [-0.39, 0.29) is 46.8 Å². The van der Waals surface area contributed by atoms with Crippen LogP contribution in [0, 0.1) is 5.82 Å². The summed E-state index contributed by atoms with van der Waals surface area (Å²) in [4.78, 5) is 14.3. The van der Waals surface area contributed by atoms with E-state index in [2.05, 4.69) is 20.3 Å². The van der Waals surface area contributed by atoms with Crippen LogP contribution in [0.2, 0.25) is 5.15 Å². The van der Waals surface area contributed by atoms with Crippen LogP contribution in [-0.4, -0.2) is 48.0 Å². The van der Waals surface area contributed by atoms with Gasteiger partial charge in [-0.25, -0.2) is 27.8 Å². The summed E-state index contributed by atoms with van der Waals surface area (Å²) in [5.74, 6) is -1.19. The smallest absolute Gasteiger partial charge is 0.367 e. The van der Waals surface area contributed by atoms with Crippen molar-refractivity contribution in [1.29, 1.82) is 0 Å². The van der Waals surface area contributed by atoms with Crippen LogP contribution in [0.5, 0.6) is 0 Å². The maximum Gasteiger partial charge on any atom is 0.419 e. The van der Waals surface area contributed by atoms with Gasteiger partial charge in [0.25, 0.3) is 0 Å². The van der Waals surface area contributed by atoms with Gasteiger partial charge < -0.3 is 10.2 Å². The fourth-order valence-electron chi connectivity index (χ4n) is 3.63. The average molecular weight is 504 g/mol. The molecule has 0 unspecified atom stereocenters. The molecule has 1 saturated heterocycles. The number of nitrogens with one attached hydrogen (secondary N) is 1. The number of pyridine rings is 1. The molecule has 0 saturated carbocycles. The lowest BCUT2D eigenvalue weighted by Crippen LogP contribution is -2.40. The summed E-state index contributed by atoms with van der Waals surface area (Å²) in [6.07, 6.45) is -3.62. The molecule has 1 atom stereocenters. The Morgan fingerprint density at radius 3 is 2.55 bits per heavy atom. The number of halogens is 5. The molecule has 1 fully saturated rings. The molecule has 13 heteroatoms. The highest BCUT2D eigenvalue weighted by Crippen LogP contribution is 2.36. The van der Waals surface area contributed by atoms with Gasteiger partial charge in [-0.1, -0.05) is 23.7 Å². The Morgan fingerprint density at radius 1 is 1.18 bits per heavy atom. The first-order chi connectivity index (χ1) is 15.5. The highest BCUT2D eigenvalue weighted by molar-refractivity contribution is 7.91. The van der Waals surface area contributed by atoms with Crippen molar-refractivity contribution in [2.45, 2.75) is 19.1 Å². The second kappa shape index (κ2) is 8.56. The molecule has 0 aliphatic carbocycles. The van der Waals surface area contributed by atoms with E-state index in [4.69, 9.17) is 11.6 Å². The predicted molar refractivity (Wildman–Crippen MR) is 117 cm³/mol. The number of benzene rings is 1. The van der Waals surface area contributed by atoms with Crippen molar-refractivity contribution in [3.05, 3.63) is 52.7 Å². The molecule has 0 radical (unpaired) electrons. The molecule has 2 aromatic heterocycles. The van der Waals surface area contributed by atoms with E-state index in [1.807, 2.05) is 0 Å². The SMILES string of the molecule is C[C@@H](Nc1ncnc2nc(Cl)c(N3CCS(=O)(=O)CC3)cc12)c1cccc(C(F)(F)F)c1F. The van der Waals surface area contributed by atoms with Gasteiger partial charge in [0, 0.05) is 18.7 Å². The van der Waals surface area contributed by atoms with Gasteiger partial charge in [-0.05, 0) is 19.1 Å². The summed E-state index contributed by atoms with van der Waals surface area (Å²) in [5, 5.41) is 3.46. The van der Waals surface area contributed by atoms with Crippen molar-refractivity contribution >= 4 is 44.0 Å². The lowest BCUT2D eigenvalue weighted by molar-refractivity contribution is -0.140. The summed E-state index contributed by atoms with van der Waals surface area (Å²) >= 11 is 6.30. The number of anilines is 2. The van der Waals surface area contributed by atoms with Crippen LogP contribution in [0.25, 0.3) is 11.0 Å². The largest absolute Gasteiger partial charge is 0.419 e. The fraction of sp³-hybridized carbons (Fsp3) is 0.350. The van der Waals surface area contributed by atoms with Gasteiger partial charge in [-0.15, -0.1) is 0 Å². The Kier molecular flexibility index (Phi) is 6.08. The van der Waals surface area contributed by atoms with E-state index in [1.165, 1.54) is 19.3 Å². The molecule has 7 nitrogen and oxygen atoms in total. The van der Waals surface area contributed by atoms with E-state index >= 15 is 0 Å². The number of alkyl halides is 3. The molecule has 4 rings (SSSR count). The third kappa shape index (κ3) is 4.81. The summed E-state index contributed by atoms with van der Waals surface area (Å²) in [6.45, 7) is 1.97. The van der Waals surface area contributed by atoms with Crippen molar-refractivity contribution in [1.82, 2.24) is 15.0 Å². The van der Waals surface area contributed by atoms with E-state index in [9.17, 15) is 26.0 Å². The summed E-state index contributed by atoms with van der Waals surface area (Å²) in [6, 6.07) is 3.86. The lowest BCUT2D eigenvalue weighted by atomic mass is 10.0. The maximum absolute atomic E-state index is 14.6. The van der Waals surface area contributed by atoms with Crippen LogP contribution in [0.1, 0.15) is 24.1 Å². The maximum atomic E-state index is 14.6. The molecule has 1 aliphatic rings. The van der Waals surface area contributed by atoms with Gasteiger partial charge in [0.05, 0.1) is 34.2 Å². The average Bonchev–Trinajstić information content (AvgIpc) is 2.73. The minimum atomic E-state index is -4.82. The number of aromatic nitrogens is 3. The van der Waals surface area contributed by atoms with Crippen LogP contribution >= 0.6 is 11.6 Å². The molecule has 1 aliphatic heterocycles. The highest BCUT2D eigenvalue weighted by Gasteiger charge is 2.35. The van der Waals surface area contributed by atoms with Crippen molar-refractivity contribution in [2.24, 2.45) is 0 Å². The second-order valence-electron chi connectivity index (χ2n) is 7.60. The zero-order chi connectivity index (χ0) is 24.0. The lowest BCUT2D eigenvalue weighted by Gasteiger charge is -2.29. The summed E-state index contributed by atoms with van der Waals surface area (Å²) in [7, 11) is -3.11. The quantitative estimate of drug-likeness (QED) is 0.421. The number of hydrogen-bond donors (Lipinski definition) is 1. The first-order valence-corrected chi connectivity index (χ1v) is 12.0. The molecule has 0 amide bonds. The van der Waals surface area contributed by atoms with Crippen LogP contribution < -0.4 is 10.2 Å². The normalized spacial score (nSPS) is 17.2. The van der Waals surface area contributed by atoms with Crippen molar-refractivity contribution < 1.29 is 26.0 Å². The van der Waals surface area contributed by atoms with Gasteiger partial charge in [0.2, 0.25) is 0 Å². The minimum Gasteiger partial charge on any atom is -0.367 e. The topological polar surface area (TPSA) is 88.1 Å². The molecular weight excluding hydrogens is 486 g/mol. The minimum absolute atomic E-state index is 0.0242. The van der Waals surface area contributed by atoms with E-state index < -0.39 is 33.4 Å². The standard InChI is InChI=1S/C20H18ClF4N5O2S/c1-11(12-3-2-4-14(16(12)22)20(23,24)25)28-18-13-9-15(17(21)29-19(13)27-10-26-18)30-5-7-33(31,32)8-6-30/h2-4,9-11H,5-8H2,1H3,(H,26,27,28,29)/t11-/m1/s1. The molecule has 176 valence electrons. The Labute approximate surface area is 191 Å². The van der Waals surface area contributed by atoms with Crippen molar-refractivity contribution in [3.8, 4) is 0 Å². The fourth-order valence-corrected chi connectivity index (χ4v) is 5.09. The molecule has 3 heterocycles. The monoisotopic (exact) mass is 503 g/mol. The van der Waals surface area contributed by atoms with Gasteiger partial charge in [0.15, 0.2) is 20.6 Å². The Balaban J connectivity index is 1.69. The molecular formula is C20H18ClF4N5O2S. The van der Waals surface area contributed by atoms with Gasteiger partial charge in [-0.3, -0.25) is 0 Å². The first kappa shape index (κ1) is 23.4. The molecule has 1 aromatic carbocycles. The van der Waals surface area contributed by atoms with Crippen LogP contribution in [0.3, 0.4) is 0 Å². The van der Waals surface area contributed by atoms with E-state index in [0.717, 1.165) is 6.07 Å². The first-order valence-electron chi connectivity index (χ1n) is 9.85. The predicted octanol–water partition coefficient (Wildman–Crippen LogP) is 4.24. The molecule has 0 spiro atoms. The van der Waals surface area contributed by atoms with Crippen LogP contribution in [0.4, 0.5) is 29.1 Å². The van der Waals surface area contributed by atoms with Gasteiger partial charge in [-0.2, -0.15) is 13.2 Å². The molecule has 33 heavy (non-hydrogen) atoms. The Morgan fingerprint density at radius 2 is 1.88 bits per heavy atom. The van der Waals surface area contributed by atoms with Gasteiger partial charge >= 0.3 is 6.18 Å². The Bertz CT molecular complexity index is 1310. The van der Waals surface area contributed by atoms with Crippen molar-refractivity contribution in [2.75, 3.05) is 34.8 Å². The highest BCUT2D eigenvalue weighted by atomic mass is 35.5. The molecule has 0 bridgehead atoms. The zero-order valence-corrected chi connectivity index (χ0v) is 18.8. The number of sulfone groups is 1. The molecule has 1 N–H and O–H groups in total.